The van der Waals surface area contributed by atoms with Gasteiger partial charge < -0.3 is 15.2 Å². The lowest BCUT2D eigenvalue weighted by molar-refractivity contribution is 0.0697. The summed E-state index contributed by atoms with van der Waals surface area (Å²) in [6, 6.07) is 6.75. The van der Waals surface area contributed by atoms with Crippen LogP contribution in [-0.4, -0.2) is 23.2 Å². The zero-order valence-electron chi connectivity index (χ0n) is 11.0. The molecule has 2 rings (SSSR count). The molecule has 0 saturated heterocycles. The van der Waals surface area contributed by atoms with E-state index in [0.29, 0.717) is 27.8 Å². The Morgan fingerprint density at radius 1 is 1.35 bits per heavy atom. The Bertz CT molecular complexity index is 659. The number of nitrogens with zero attached hydrogens (tertiary/aromatic N) is 1. The van der Waals surface area contributed by atoms with Crippen LogP contribution in [0.5, 0.6) is 5.75 Å². The summed E-state index contributed by atoms with van der Waals surface area (Å²) in [6.07, 6.45) is 1.31. The topological polar surface area (TPSA) is 71.5 Å². The van der Waals surface area contributed by atoms with Crippen LogP contribution in [0.25, 0.3) is 0 Å². The number of rotatable bonds is 4. The summed E-state index contributed by atoms with van der Waals surface area (Å²) in [6.45, 7) is 1.78. The number of aryl methyl sites for hydroxylation is 1. The molecule has 0 radical (unpaired) electrons. The Morgan fingerprint density at radius 3 is 2.75 bits per heavy atom. The molecule has 2 aromatic rings. The van der Waals surface area contributed by atoms with Crippen molar-refractivity contribution in [1.29, 1.82) is 0 Å². The Kier molecular flexibility index (Phi) is 4.10. The predicted molar refractivity (Wildman–Crippen MR) is 77.2 cm³/mol. The molecular weight excluding hydrogens is 280 g/mol. The number of pyridine rings is 1. The smallest absolute Gasteiger partial charge is 0.339 e. The molecule has 0 fully saturated rings. The molecule has 20 heavy (non-hydrogen) atoms. The van der Waals surface area contributed by atoms with E-state index in [2.05, 4.69) is 10.3 Å². The van der Waals surface area contributed by atoms with Gasteiger partial charge in [-0.15, -0.1) is 0 Å². The first-order valence-corrected chi connectivity index (χ1v) is 6.19. The minimum absolute atomic E-state index is 0.0782. The number of benzene rings is 1. The molecule has 1 aromatic heterocycles. The summed E-state index contributed by atoms with van der Waals surface area (Å²) in [7, 11) is 1.55. The average Bonchev–Trinajstić information content (AvgIpc) is 2.41. The summed E-state index contributed by atoms with van der Waals surface area (Å²) < 4.78 is 5.12. The fraction of sp³-hybridized carbons (Fsp3) is 0.143. The number of hydrogen-bond acceptors (Lipinski definition) is 4. The maximum atomic E-state index is 11.2. The zero-order valence-corrected chi connectivity index (χ0v) is 11.7. The summed E-state index contributed by atoms with van der Waals surface area (Å²) >= 11 is 6.09. The third kappa shape index (κ3) is 3.00. The fourth-order valence-electron chi connectivity index (χ4n) is 1.71. The van der Waals surface area contributed by atoms with Crippen molar-refractivity contribution < 1.29 is 14.6 Å². The van der Waals surface area contributed by atoms with Crippen molar-refractivity contribution in [1.82, 2.24) is 4.98 Å². The third-order valence-corrected chi connectivity index (χ3v) is 3.04. The van der Waals surface area contributed by atoms with Gasteiger partial charge in [0.15, 0.2) is 0 Å². The Labute approximate surface area is 121 Å². The van der Waals surface area contributed by atoms with Crippen molar-refractivity contribution >= 4 is 28.9 Å². The molecule has 5 nitrogen and oxygen atoms in total. The van der Waals surface area contributed by atoms with Crippen LogP contribution in [0.3, 0.4) is 0 Å². The minimum atomic E-state index is -1.06. The number of carbonyl (C=O) groups is 1. The van der Waals surface area contributed by atoms with Gasteiger partial charge >= 0.3 is 5.97 Å². The molecular formula is C14H13ClN2O3. The van der Waals surface area contributed by atoms with Gasteiger partial charge in [-0.3, -0.25) is 4.98 Å². The van der Waals surface area contributed by atoms with Crippen molar-refractivity contribution in [3.05, 3.63) is 46.7 Å². The number of anilines is 2. The van der Waals surface area contributed by atoms with E-state index in [1.54, 1.807) is 38.3 Å². The number of nitrogens with one attached hydrogen (secondary N) is 1. The second-order valence-electron chi connectivity index (χ2n) is 4.15. The van der Waals surface area contributed by atoms with Gasteiger partial charge in [-0.1, -0.05) is 11.6 Å². The lowest BCUT2D eigenvalue weighted by Gasteiger charge is -2.12. The number of carboxylic acid groups (broad SMARTS) is 1. The molecule has 1 aromatic carbocycles. The van der Waals surface area contributed by atoms with E-state index in [-0.39, 0.29) is 5.56 Å². The van der Waals surface area contributed by atoms with Gasteiger partial charge in [0.2, 0.25) is 0 Å². The first-order valence-electron chi connectivity index (χ1n) is 5.81. The molecule has 0 aliphatic heterocycles. The zero-order chi connectivity index (χ0) is 14.7. The van der Waals surface area contributed by atoms with Crippen LogP contribution in [0.1, 0.15) is 16.1 Å². The predicted octanol–water partition coefficient (Wildman–Crippen LogP) is 3.49. The largest absolute Gasteiger partial charge is 0.497 e. The van der Waals surface area contributed by atoms with Crippen molar-refractivity contribution in [2.45, 2.75) is 6.92 Å². The molecule has 0 saturated carbocycles. The number of ether oxygens (including phenoxy) is 1. The van der Waals surface area contributed by atoms with Gasteiger partial charge in [0.05, 0.1) is 23.5 Å². The molecule has 0 atom stereocenters. The highest BCUT2D eigenvalue weighted by Gasteiger charge is 2.12. The van der Waals surface area contributed by atoms with Crippen LogP contribution < -0.4 is 10.1 Å². The van der Waals surface area contributed by atoms with Gasteiger partial charge in [-0.2, -0.15) is 0 Å². The van der Waals surface area contributed by atoms with E-state index in [0.717, 1.165) is 0 Å². The first-order chi connectivity index (χ1) is 9.51. The van der Waals surface area contributed by atoms with Crippen molar-refractivity contribution in [3.63, 3.8) is 0 Å². The van der Waals surface area contributed by atoms with Crippen LogP contribution in [0.15, 0.2) is 30.5 Å². The van der Waals surface area contributed by atoms with Crippen LogP contribution in [0.2, 0.25) is 5.02 Å². The van der Waals surface area contributed by atoms with Crippen LogP contribution in [0, 0.1) is 6.92 Å². The Hall–Kier alpha value is -2.27. The third-order valence-electron chi connectivity index (χ3n) is 2.71. The van der Waals surface area contributed by atoms with E-state index >= 15 is 0 Å². The Morgan fingerprint density at radius 2 is 2.10 bits per heavy atom. The molecule has 1 heterocycles. The molecule has 0 aliphatic rings. The second kappa shape index (κ2) is 5.79. The van der Waals surface area contributed by atoms with E-state index in [4.69, 9.17) is 21.4 Å². The van der Waals surface area contributed by atoms with Crippen LogP contribution >= 0.6 is 11.6 Å². The second-order valence-corrected chi connectivity index (χ2v) is 4.55. The van der Waals surface area contributed by atoms with E-state index in [1.807, 2.05) is 0 Å². The van der Waals surface area contributed by atoms with Gasteiger partial charge in [-0.25, -0.2) is 4.79 Å². The van der Waals surface area contributed by atoms with Crippen molar-refractivity contribution in [2.24, 2.45) is 0 Å². The standard InChI is InChI=1S/C14H13ClN2O3/c1-8-5-12(10(7-16-8)14(18)19)17-13-6-9(20-2)3-4-11(13)15/h3-7H,1-2H3,(H,16,17)(H,18,19). The van der Waals surface area contributed by atoms with Gasteiger partial charge in [-0.05, 0) is 25.1 Å². The first kappa shape index (κ1) is 14.1. The molecule has 0 amide bonds. The maximum Gasteiger partial charge on any atom is 0.339 e. The quantitative estimate of drug-likeness (QED) is 0.902. The normalized spacial score (nSPS) is 10.2. The number of carboxylic acids is 1. The van der Waals surface area contributed by atoms with E-state index < -0.39 is 5.97 Å². The maximum absolute atomic E-state index is 11.2. The molecule has 104 valence electrons. The van der Waals surface area contributed by atoms with Crippen LogP contribution in [-0.2, 0) is 0 Å². The van der Waals surface area contributed by atoms with E-state index in [9.17, 15) is 4.79 Å². The lowest BCUT2D eigenvalue weighted by atomic mass is 10.2. The Balaban J connectivity index is 2.43. The van der Waals surface area contributed by atoms with Crippen LogP contribution in [0.4, 0.5) is 11.4 Å². The van der Waals surface area contributed by atoms with Gasteiger partial charge in [0.1, 0.15) is 11.3 Å². The summed E-state index contributed by atoms with van der Waals surface area (Å²) in [5, 5.41) is 12.6. The molecule has 0 unspecified atom stereocenters. The molecule has 6 heteroatoms. The lowest BCUT2D eigenvalue weighted by Crippen LogP contribution is -2.04. The van der Waals surface area contributed by atoms with Gasteiger partial charge in [0.25, 0.3) is 0 Å². The summed E-state index contributed by atoms with van der Waals surface area (Å²) in [5.74, 6) is -0.432. The fourth-order valence-corrected chi connectivity index (χ4v) is 1.87. The SMILES string of the molecule is COc1ccc(Cl)c(Nc2cc(C)ncc2C(=O)O)c1. The van der Waals surface area contributed by atoms with Crippen molar-refractivity contribution in [2.75, 3.05) is 12.4 Å². The molecule has 2 N–H and O–H groups in total. The average molecular weight is 293 g/mol. The highest BCUT2D eigenvalue weighted by atomic mass is 35.5. The summed E-state index contributed by atoms with van der Waals surface area (Å²) in [5.41, 5.74) is 1.78. The summed E-state index contributed by atoms with van der Waals surface area (Å²) in [4.78, 5) is 15.2. The van der Waals surface area contributed by atoms with Crippen molar-refractivity contribution in [3.8, 4) is 5.75 Å². The number of aromatic nitrogens is 1. The number of methoxy groups -OCH3 is 1. The van der Waals surface area contributed by atoms with E-state index in [1.165, 1.54) is 6.20 Å². The molecule has 0 aliphatic carbocycles. The highest BCUT2D eigenvalue weighted by molar-refractivity contribution is 6.33. The number of halogens is 1. The molecule has 0 bridgehead atoms. The monoisotopic (exact) mass is 292 g/mol. The van der Waals surface area contributed by atoms with Gasteiger partial charge in [0, 0.05) is 18.0 Å². The number of aromatic carboxylic acids is 1. The highest BCUT2D eigenvalue weighted by Crippen LogP contribution is 2.30. The number of hydrogen-bond donors (Lipinski definition) is 2. The molecule has 0 spiro atoms. The minimum Gasteiger partial charge on any atom is -0.497 e.